The van der Waals surface area contributed by atoms with E-state index in [2.05, 4.69) is 0 Å². The standard InChI is InChI=1S/C36H44O14/c1-12-10-19(41)35(8)24-21(12)34(7)22(28(24)50-32(43)36(35,9)44)20-23(29(46-14(3)38)31(34)48-16(5)40)33(6)17(25(42)27(20)45-13(2)37)11-18-26(49-18)30(33)47-15(4)39/h10,17-18,20-24,26-31,44H,11H2,1-9H3/t17-,18+,20+,21+,22-,23-,24?,26+,27-,28-,29+,30+,31+,33+,34-,35+,36-/m1/s1. The topological polar surface area (TPSA) is 198 Å². The van der Waals surface area contributed by atoms with Crippen LogP contribution in [0, 0.1) is 51.8 Å². The van der Waals surface area contributed by atoms with Crippen molar-refractivity contribution in [2.24, 2.45) is 51.8 Å². The minimum absolute atomic E-state index is 0.201. The molecule has 7 rings (SSSR count). The molecular formula is C36H44O14. The minimum Gasteiger partial charge on any atom is -0.460 e. The molecule has 1 N–H and O–H groups in total. The summed E-state index contributed by atoms with van der Waals surface area (Å²) in [5.41, 5.74) is -6.14. The Hall–Kier alpha value is -3.65. The maximum Gasteiger partial charge on any atom is 0.339 e. The summed E-state index contributed by atoms with van der Waals surface area (Å²) in [5.74, 6) is -10.5. The van der Waals surface area contributed by atoms with E-state index in [4.69, 9.17) is 28.4 Å². The largest absolute Gasteiger partial charge is 0.460 e. The monoisotopic (exact) mass is 700 g/mol. The Kier molecular flexibility index (Phi) is 7.44. The molecule has 17 atom stereocenters. The Labute approximate surface area is 288 Å². The van der Waals surface area contributed by atoms with Crippen LogP contribution in [0.5, 0.6) is 0 Å². The molecule has 1 unspecified atom stereocenters. The lowest BCUT2D eigenvalue weighted by Gasteiger charge is -2.65. The van der Waals surface area contributed by atoms with Gasteiger partial charge in [-0.3, -0.25) is 28.8 Å². The average Bonchev–Trinajstić information content (AvgIpc) is 3.71. The van der Waals surface area contributed by atoms with Crippen LogP contribution in [0.4, 0.5) is 0 Å². The molecule has 14 heteroatoms. The second kappa shape index (κ2) is 10.7. The van der Waals surface area contributed by atoms with Crippen molar-refractivity contribution in [1.29, 1.82) is 0 Å². The van der Waals surface area contributed by atoms with Crippen molar-refractivity contribution in [3.63, 3.8) is 0 Å². The van der Waals surface area contributed by atoms with Crippen molar-refractivity contribution in [2.45, 2.75) is 117 Å². The summed E-state index contributed by atoms with van der Waals surface area (Å²) in [6.45, 7) is 12.8. The first-order valence-corrected chi connectivity index (χ1v) is 17.2. The van der Waals surface area contributed by atoms with Crippen molar-refractivity contribution < 1.29 is 67.1 Å². The number of esters is 5. The quantitative estimate of drug-likeness (QED) is 0.251. The summed E-state index contributed by atoms with van der Waals surface area (Å²) in [5, 5.41) is 11.7. The lowest BCUT2D eigenvalue weighted by molar-refractivity contribution is -0.274. The Morgan fingerprint density at radius 2 is 1.36 bits per heavy atom. The van der Waals surface area contributed by atoms with E-state index < -0.39 is 141 Å². The summed E-state index contributed by atoms with van der Waals surface area (Å²) in [4.78, 5) is 94.4. The van der Waals surface area contributed by atoms with Crippen LogP contribution in [0.25, 0.3) is 0 Å². The zero-order valence-electron chi connectivity index (χ0n) is 29.5. The Morgan fingerprint density at radius 3 is 1.94 bits per heavy atom. The molecule has 14 nitrogen and oxygen atoms in total. The van der Waals surface area contributed by atoms with Crippen LogP contribution in [0.2, 0.25) is 0 Å². The fourth-order valence-corrected chi connectivity index (χ4v) is 12.0. The van der Waals surface area contributed by atoms with Crippen molar-refractivity contribution in [3.05, 3.63) is 11.6 Å². The molecule has 50 heavy (non-hydrogen) atoms. The Morgan fingerprint density at radius 1 is 0.780 bits per heavy atom. The number of epoxide rings is 1. The summed E-state index contributed by atoms with van der Waals surface area (Å²) < 4.78 is 36.4. The number of Topliss-reactive ketones (excluding diaryl/α,β-unsaturated/α-hetero) is 1. The van der Waals surface area contributed by atoms with Gasteiger partial charge in [-0.1, -0.05) is 19.4 Å². The number of hydrogen-bond acceptors (Lipinski definition) is 14. The lowest BCUT2D eigenvalue weighted by atomic mass is 9.41. The van der Waals surface area contributed by atoms with Gasteiger partial charge in [-0.05, 0) is 39.2 Å². The molecule has 6 fully saturated rings. The fraction of sp³-hybridized carbons (Fsp3) is 0.750. The van der Waals surface area contributed by atoms with Gasteiger partial charge in [0.15, 0.2) is 23.3 Å². The second-order valence-electron chi connectivity index (χ2n) is 16.3. The molecule has 0 bridgehead atoms. The van der Waals surface area contributed by atoms with Gasteiger partial charge >= 0.3 is 29.8 Å². The number of hydrogen-bond donors (Lipinski definition) is 1. The normalized spacial score (nSPS) is 50.9. The number of ketones is 2. The van der Waals surface area contributed by atoms with Gasteiger partial charge in [-0.2, -0.15) is 0 Å². The molecule has 0 aromatic heterocycles. The molecule has 2 saturated heterocycles. The lowest BCUT2D eigenvalue weighted by Crippen LogP contribution is -2.75. The first-order valence-electron chi connectivity index (χ1n) is 17.2. The molecule has 0 aromatic rings. The summed E-state index contributed by atoms with van der Waals surface area (Å²) in [6, 6.07) is 0. The SMILES string of the molecule is CC(=O)O[C@H]1[C@H]2[C@H]([C@@H]3[C@H]4OC(=O)[C@@](C)(O)[C@@]5(C)C(=O)C=C(C)[C@@H](C45)[C@@]3(C)[C@H]1OC(C)=O)[C@@H](OC(C)=O)C(=O)[C@H]1C[C@@H]3O[C@@H]3[C@H](OC(C)=O)[C@]21C. The van der Waals surface area contributed by atoms with Gasteiger partial charge in [0, 0.05) is 68.1 Å². The molecule has 7 aliphatic rings. The maximum absolute atomic E-state index is 14.9. The van der Waals surface area contributed by atoms with Crippen LogP contribution in [-0.2, 0) is 62.0 Å². The number of allylic oxidation sites excluding steroid dienone is 2. The molecule has 0 amide bonds. The zero-order chi connectivity index (χ0) is 36.8. The van der Waals surface area contributed by atoms with Gasteiger partial charge in [0.2, 0.25) is 0 Å². The van der Waals surface area contributed by atoms with Crippen LogP contribution in [-0.4, -0.2) is 94.8 Å². The Balaban J connectivity index is 1.56. The van der Waals surface area contributed by atoms with E-state index in [0.29, 0.717) is 5.57 Å². The zero-order valence-corrected chi connectivity index (χ0v) is 29.5. The average molecular weight is 701 g/mol. The minimum atomic E-state index is -2.27. The van der Waals surface area contributed by atoms with Gasteiger partial charge in [-0.25, -0.2) is 4.79 Å². The predicted octanol–water partition coefficient (Wildman–Crippen LogP) is 1.42. The predicted molar refractivity (Wildman–Crippen MR) is 165 cm³/mol. The van der Waals surface area contributed by atoms with E-state index in [0.717, 1.165) is 0 Å². The first-order chi connectivity index (χ1) is 23.1. The summed E-state index contributed by atoms with van der Waals surface area (Å²) in [6.07, 6.45) is -5.64. The van der Waals surface area contributed by atoms with E-state index >= 15 is 0 Å². The number of carbonyl (C=O) groups excluding carboxylic acids is 7. The van der Waals surface area contributed by atoms with E-state index in [1.54, 1.807) is 20.8 Å². The van der Waals surface area contributed by atoms with Crippen molar-refractivity contribution in [1.82, 2.24) is 0 Å². The van der Waals surface area contributed by atoms with Crippen LogP contribution in [0.1, 0.15) is 68.7 Å². The number of rotatable bonds is 4. The Bertz CT molecular complexity index is 1660. The fourth-order valence-electron chi connectivity index (χ4n) is 12.0. The number of fused-ring (bicyclic) bond motifs is 8. The van der Waals surface area contributed by atoms with Gasteiger partial charge in [0.1, 0.15) is 30.5 Å². The number of carbonyl (C=O) groups is 7. The maximum atomic E-state index is 14.9. The molecule has 4 saturated carbocycles. The van der Waals surface area contributed by atoms with E-state index in [1.165, 1.54) is 47.6 Å². The van der Waals surface area contributed by atoms with Crippen LogP contribution in [0.3, 0.4) is 0 Å². The molecule has 2 aliphatic heterocycles. The van der Waals surface area contributed by atoms with E-state index in [9.17, 15) is 38.7 Å². The molecule has 2 heterocycles. The second-order valence-corrected chi connectivity index (χ2v) is 16.3. The van der Waals surface area contributed by atoms with E-state index in [1.807, 2.05) is 0 Å². The summed E-state index contributed by atoms with van der Waals surface area (Å²) in [7, 11) is 0. The van der Waals surface area contributed by atoms with Gasteiger partial charge in [0.05, 0.1) is 11.5 Å². The number of aliphatic hydroxyl groups is 1. The molecular weight excluding hydrogens is 656 g/mol. The van der Waals surface area contributed by atoms with Gasteiger partial charge in [0.25, 0.3) is 0 Å². The molecule has 272 valence electrons. The summed E-state index contributed by atoms with van der Waals surface area (Å²) >= 11 is 0. The molecule has 0 aromatic carbocycles. The third kappa shape index (κ3) is 4.17. The number of ether oxygens (including phenoxy) is 6. The van der Waals surface area contributed by atoms with Gasteiger partial charge < -0.3 is 33.5 Å². The van der Waals surface area contributed by atoms with Crippen LogP contribution >= 0.6 is 0 Å². The molecule has 5 aliphatic carbocycles. The van der Waals surface area contributed by atoms with Gasteiger partial charge in [-0.15, -0.1) is 0 Å². The molecule has 0 spiro atoms. The highest BCUT2D eigenvalue weighted by Crippen LogP contribution is 2.75. The smallest absolute Gasteiger partial charge is 0.339 e. The van der Waals surface area contributed by atoms with Crippen molar-refractivity contribution in [3.8, 4) is 0 Å². The highest BCUT2D eigenvalue weighted by molar-refractivity contribution is 6.03. The highest BCUT2D eigenvalue weighted by Gasteiger charge is 2.84. The third-order valence-corrected chi connectivity index (χ3v) is 13.9. The van der Waals surface area contributed by atoms with Crippen LogP contribution < -0.4 is 0 Å². The van der Waals surface area contributed by atoms with Crippen molar-refractivity contribution in [2.75, 3.05) is 0 Å². The first kappa shape index (κ1) is 34.8. The van der Waals surface area contributed by atoms with Crippen LogP contribution in [0.15, 0.2) is 11.6 Å². The highest BCUT2D eigenvalue weighted by atomic mass is 16.6. The van der Waals surface area contributed by atoms with E-state index in [-0.39, 0.29) is 6.42 Å². The molecule has 0 radical (unpaired) electrons. The van der Waals surface area contributed by atoms with Crippen molar-refractivity contribution >= 4 is 41.4 Å². The third-order valence-electron chi connectivity index (χ3n) is 13.9.